The fraction of sp³-hybridized carbons (Fsp3) is 0.923. The Labute approximate surface area is 98.1 Å². The lowest BCUT2D eigenvalue weighted by Crippen LogP contribution is -2.42. The number of nitrogens with zero attached hydrogens (tertiary/aromatic N) is 1. The lowest BCUT2D eigenvalue weighted by Gasteiger charge is -2.33. The standard InChI is InChI=1S/C13H23NO2/c1-13(2,3)16-12(15)14-8-6-11(7-9-14)10-4-5-10/h10-11H,4-9H2,1-3H3. The van der Waals surface area contributed by atoms with Crippen molar-refractivity contribution < 1.29 is 9.53 Å². The molecule has 3 nitrogen and oxygen atoms in total. The zero-order valence-corrected chi connectivity index (χ0v) is 10.7. The Hall–Kier alpha value is -0.730. The Balaban J connectivity index is 1.77. The number of piperidine rings is 1. The van der Waals surface area contributed by atoms with Gasteiger partial charge in [0.25, 0.3) is 0 Å². The highest BCUT2D eigenvalue weighted by atomic mass is 16.6. The molecule has 92 valence electrons. The summed E-state index contributed by atoms with van der Waals surface area (Å²) in [4.78, 5) is 13.7. The lowest BCUT2D eigenvalue weighted by molar-refractivity contribution is 0.0176. The maximum atomic E-state index is 11.8. The number of likely N-dealkylation sites (tertiary alicyclic amines) is 1. The summed E-state index contributed by atoms with van der Waals surface area (Å²) in [6, 6.07) is 0. The van der Waals surface area contributed by atoms with Crippen LogP contribution in [-0.2, 0) is 4.74 Å². The third kappa shape index (κ3) is 3.13. The van der Waals surface area contributed by atoms with Gasteiger partial charge in [0.2, 0.25) is 0 Å². The summed E-state index contributed by atoms with van der Waals surface area (Å²) in [6.45, 7) is 7.53. The first-order valence-electron chi connectivity index (χ1n) is 6.43. The molecule has 2 rings (SSSR count). The van der Waals surface area contributed by atoms with Crippen molar-refractivity contribution in [1.82, 2.24) is 4.90 Å². The molecule has 0 bridgehead atoms. The molecule has 0 aromatic rings. The highest BCUT2D eigenvalue weighted by Crippen LogP contribution is 2.41. The van der Waals surface area contributed by atoms with E-state index in [1.807, 2.05) is 25.7 Å². The van der Waals surface area contributed by atoms with E-state index in [9.17, 15) is 4.79 Å². The van der Waals surface area contributed by atoms with Crippen LogP contribution in [0, 0.1) is 11.8 Å². The fourth-order valence-electron chi connectivity index (χ4n) is 2.45. The maximum Gasteiger partial charge on any atom is 0.410 e. The Morgan fingerprint density at radius 2 is 1.56 bits per heavy atom. The van der Waals surface area contributed by atoms with Gasteiger partial charge in [0.15, 0.2) is 0 Å². The van der Waals surface area contributed by atoms with E-state index in [0.29, 0.717) is 0 Å². The van der Waals surface area contributed by atoms with Gasteiger partial charge in [0.05, 0.1) is 0 Å². The molecule has 2 fully saturated rings. The third-order valence-corrected chi connectivity index (χ3v) is 3.48. The molecule has 1 saturated carbocycles. The van der Waals surface area contributed by atoms with Crippen molar-refractivity contribution in [2.24, 2.45) is 11.8 Å². The molecule has 1 amide bonds. The molecule has 1 aliphatic carbocycles. The van der Waals surface area contributed by atoms with Crippen LogP contribution < -0.4 is 0 Å². The first-order chi connectivity index (χ1) is 7.46. The highest BCUT2D eigenvalue weighted by Gasteiger charge is 2.35. The first kappa shape index (κ1) is 11.7. The predicted molar refractivity (Wildman–Crippen MR) is 63.3 cm³/mol. The topological polar surface area (TPSA) is 29.5 Å². The summed E-state index contributed by atoms with van der Waals surface area (Å²) in [5.74, 6) is 1.85. The van der Waals surface area contributed by atoms with Crippen molar-refractivity contribution in [1.29, 1.82) is 0 Å². The molecule has 2 aliphatic rings. The van der Waals surface area contributed by atoms with E-state index in [1.54, 1.807) is 0 Å². The van der Waals surface area contributed by atoms with Crippen LogP contribution in [0.5, 0.6) is 0 Å². The largest absolute Gasteiger partial charge is 0.444 e. The number of hydrogen-bond donors (Lipinski definition) is 0. The maximum absolute atomic E-state index is 11.8. The Morgan fingerprint density at radius 3 is 2.00 bits per heavy atom. The van der Waals surface area contributed by atoms with Crippen LogP contribution in [0.1, 0.15) is 46.5 Å². The summed E-state index contributed by atoms with van der Waals surface area (Å²) >= 11 is 0. The number of rotatable bonds is 1. The van der Waals surface area contributed by atoms with E-state index >= 15 is 0 Å². The fourth-order valence-corrected chi connectivity index (χ4v) is 2.45. The average Bonchev–Trinajstić information content (AvgIpc) is 2.98. The zero-order valence-electron chi connectivity index (χ0n) is 10.7. The quantitative estimate of drug-likeness (QED) is 0.686. The van der Waals surface area contributed by atoms with Crippen LogP contribution in [0.25, 0.3) is 0 Å². The molecule has 0 radical (unpaired) electrons. The van der Waals surface area contributed by atoms with Gasteiger partial charge in [-0.1, -0.05) is 0 Å². The molecule has 3 heteroatoms. The van der Waals surface area contributed by atoms with Gasteiger partial charge in [-0.3, -0.25) is 0 Å². The van der Waals surface area contributed by atoms with E-state index in [1.165, 1.54) is 25.7 Å². The van der Waals surface area contributed by atoms with E-state index < -0.39 is 0 Å². The molecular weight excluding hydrogens is 202 g/mol. The zero-order chi connectivity index (χ0) is 11.8. The van der Waals surface area contributed by atoms with Crippen LogP contribution in [0.2, 0.25) is 0 Å². The van der Waals surface area contributed by atoms with Gasteiger partial charge in [-0.05, 0) is 58.3 Å². The second-order valence-corrected chi connectivity index (χ2v) is 6.14. The number of hydrogen-bond acceptors (Lipinski definition) is 2. The van der Waals surface area contributed by atoms with Gasteiger partial charge in [0, 0.05) is 13.1 Å². The third-order valence-electron chi connectivity index (χ3n) is 3.48. The molecule has 0 spiro atoms. The summed E-state index contributed by atoms with van der Waals surface area (Å²) in [5, 5.41) is 0. The number of carbonyl (C=O) groups excluding carboxylic acids is 1. The van der Waals surface area contributed by atoms with Gasteiger partial charge in [0.1, 0.15) is 5.60 Å². The molecule has 0 aromatic carbocycles. The van der Waals surface area contributed by atoms with Crippen LogP contribution in [0.15, 0.2) is 0 Å². The molecule has 1 saturated heterocycles. The number of carbonyl (C=O) groups is 1. The van der Waals surface area contributed by atoms with Gasteiger partial charge < -0.3 is 9.64 Å². The number of ether oxygens (including phenoxy) is 1. The second kappa shape index (κ2) is 4.27. The summed E-state index contributed by atoms with van der Waals surface area (Å²) in [5.41, 5.74) is -0.371. The Bertz CT molecular complexity index is 258. The molecule has 1 heterocycles. The van der Waals surface area contributed by atoms with Crippen molar-refractivity contribution in [3.63, 3.8) is 0 Å². The first-order valence-corrected chi connectivity index (χ1v) is 6.43. The molecular formula is C13H23NO2. The van der Waals surface area contributed by atoms with E-state index in [-0.39, 0.29) is 11.7 Å². The molecule has 0 aromatic heterocycles. The minimum atomic E-state index is -0.371. The number of amides is 1. The van der Waals surface area contributed by atoms with Crippen molar-refractivity contribution in [3.05, 3.63) is 0 Å². The monoisotopic (exact) mass is 225 g/mol. The van der Waals surface area contributed by atoms with Gasteiger partial charge in [-0.2, -0.15) is 0 Å². The molecule has 0 N–H and O–H groups in total. The van der Waals surface area contributed by atoms with E-state index in [2.05, 4.69) is 0 Å². The van der Waals surface area contributed by atoms with Crippen LogP contribution >= 0.6 is 0 Å². The second-order valence-electron chi connectivity index (χ2n) is 6.14. The normalized spacial score (nSPS) is 23.3. The van der Waals surface area contributed by atoms with Crippen molar-refractivity contribution >= 4 is 6.09 Å². The van der Waals surface area contributed by atoms with Gasteiger partial charge in [-0.15, -0.1) is 0 Å². The predicted octanol–water partition coefficient (Wildman–Crippen LogP) is 3.04. The molecule has 0 unspecified atom stereocenters. The molecule has 1 aliphatic heterocycles. The van der Waals surface area contributed by atoms with Gasteiger partial charge in [-0.25, -0.2) is 4.79 Å². The highest BCUT2D eigenvalue weighted by molar-refractivity contribution is 5.68. The van der Waals surface area contributed by atoms with Crippen LogP contribution in [0.3, 0.4) is 0 Å². The minimum Gasteiger partial charge on any atom is -0.444 e. The Kier molecular flexibility index (Phi) is 3.13. The summed E-state index contributed by atoms with van der Waals surface area (Å²) < 4.78 is 5.38. The lowest BCUT2D eigenvalue weighted by atomic mass is 9.92. The molecule has 0 atom stereocenters. The van der Waals surface area contributed by atoms with E-state index in [4.69, 9.17) is 4.74 Å². The SMILES string of the molecule is CC(C)(C)OC(=O)N1CCC(C2CC2)CC1. The summed E-state index contributed by atoms with van der Waals surface area (Å²) in [6.07, 6.45) is 5.03. The smallest absolute Gasteiger partial charge is 0.410 e. The van der Waals surface area contributed by atoms with Gasteiger partial charge >= 0.3 is 6.09 Å². The van der Waals surface area contributed by atoms with Crippen LogP contribution in [0.4, 0.5) is 4.79 Å². The van der Waals surface area contributed by atoms with Crippen LogP contribution in [-0.4, -0.2) is 29.7 Å². The van der Waals surface area contributed by atoms with E-state index in [0.717, 1.165) is 24.9 Å². The van der Waals surface area contributed by atoms with Crippen molar-refractivity contribution in [3.8, 4) is 0 Å². The average molecular weight is 225 g/mol. The Morgan fingerprint density at radius 1 is 1.06 bits per heavy atom. The van der Waals surface area contributed by atoms with Crippen molar-refractivity contribution in [2.45, 2.75) is 52.1 Å². The molecule has 16 heavy (non-hydrogen) atoms. The van der Waals surface area contributed by atoms with Crippen molar-refractivity contribution in [2.75, 3.05) is 13.1 Å². The summed E-state index contributed by atoms with van der Waals surface area (Å²) in [7, 11) is 0. The minimum absolute atomic E-state index is 0.137.